The molecule has 0 aliphatic carbocycles. The topological polar surface area (TPSA) is 26.3 Å². The van der Waals surface area contributed by atoms with Gasteiger partial charge in [-0.05, 0) is 13.3 Å². The molecule has 1 atom stereocenters. The number of rotatable bonds is 4. The van der Waals surface area contributed by atoms with Crippen LogP contribution in [-0.4, -0.2) is 11.5 Å². The van der Waals surface area contributed by atoms with Crippen LogP contribution in [0.1, 0.15) is 19.8 Å². The Bertz CT molecular complexity index is 121. The molecule has 3 heteroatoms. The number of hydrogen-bond acceptors (Lipinski definition) is 2. The minimum Gasteiger partial charge on any atom is -0.446 e. The van der Waals surface area contributed by atoms with Crippen molar-refractivity contribution in [1.29, 1.82) is 0 Å². The summed E-state index contributed by atoms with van der Waals surface area (Å²) in [4.78, 5) is 10.7. The number of halogens is 1. The van der Waals surface area contributed by atoms with Crippen molar-refractivity contribution in [3.05, 3.63) is 12.7 Å². The minimum atomic E-state index is -0.530. The van der Waals surface area contributed by atoms with E-state index >= 15 is 0 Å². The summed E-state index contributed by atoms with van der Waals surface area (Å²) < 4.78 is 4.63. The molecule has 0 aromatic rings. The molecule has 0 amide bonds. The average Bonchev–Trinajstić information content (AvgIpc) is 1.82. The van der Waals surface area contributed by atoms with Crippen molar-refractivity contribution in [3.8, 4) is 0 Å². The van der Waals surface area contributed by atoms with Gasteiger partial charge in [-0.3, -0.25) is 4.79 Å². The fourth-order valence-corrected chi connectivity index (χ4v) is 0.559. The zero-order chi connectivity index (χ0) is 7.98. The normalized spacial score (nSPS) is 12.2. The molecule has 0 fully saturated rings. The van der Waals surface area contributed by atoms with Gasteiger partial charge in [0.25, 0.3) is 0 Å². The number of esters is 1. The van der Waals surface area contributed by atoms with Crippen LogP contribution in [-0.2, 0) is 9.53 Å². The molecule has 0 aromatic carbocycles. The van der Waals surface area contributed by atoms with Gasteiger partial charge in [0, 0.05) is 6.42 Å². The first-order chi connectivity index (χ1) is 4.66. The van der Waals surface area contributed by atoms with Gasteiger partial charge in [0.05, 0.1) is 0 Å². The van der Waals surface area contributed by atoms with E-state index in [2.05, 4.69) is 11.3 Å². The van der Waals surface area contributed by atoms with E-state index in [0.717, 1.165) is 0 Å². The molecule has 0 saturated heterocycles. The third-order valence-corrected chi connectivity index (χ3v) is 0.936. The molecule has 0 spiro atoms. The molecule has 10 heavy (non-hydrogen) atoms. The lowest BCUT2D eigenvalue weighted by Crippen LogP contribution is -2.08. The molecule has 0 radical (unpaired) electrons. The maximum Gasteiger partial charge on any atom is 0.307 e. The van der Waals surface area contributed by atoms with E-state index in [1.165, 1.54) is 0 Å². The van der Waals surface area contributed by atoms with Crippen molar-refractivity contribution in [2.45, 2.75) is 25.3 Å². The quantitative estimate of drug-likeness (QED) is 0.360. The van der Waals surface area contributed by atoms with Gasteiger partial charge in [-0.15, -0.1) is 6.58 Å². The fraction of sp³-hybridized carbons (Fsp3) is 0.571. The molecule has 0 bridgehead atoms. The van der Waals surface area contributed by atoms with Gasteiger partial charge in [-0.25, -0.2) is 0 Å². The molecule has 0 rings (SSSR count). The van der Waals surface area contributed by atoms with Crippen molar-refractivity contribution in [2.75, 3.05) is 0 Å². The first-order valence-corrected chi connectivity index (χ1v) is 3.55. The monoisotopic (exact) mass is 162 g/mol. The van der Waals surface area contributed by atoms with Gasteiger partial charge >= 0.3 is 5.97 Å². The standard InChI is InChI=1S/C7H11ClO2/c1-3-4-5-7(9)10-6(2)8/h3,6H,1,4-5H2,2H3. The number of carbonyl (C=O) groups excluding carboxylic acids is 1. The summed E-state index contributed by atoms with van der Waals surface area (Å²) in [5, 5.41) is 0. The average molecular weight is 163 g/mol. The number of carbonyl (C=O) groups is 1. The largest absolute Gasteiger partial charge is 0.446 e. The lowest BCUT2D eigenvalue weighted by atomic mass is 10.3. The molecule has 0 saturated carbocycles. The fourth-order valence-electron chi connectivity index (χ4n) is 0.460. The summed E-state index contributed by atoms with van der Waals surface area (Å²) >= 11 is 5.38. The van der Waals surface area contributed by atoms with Crippen molar-refractivity contribution in [3.63, 3.8) is 0 Å². The molecular formula is C7H11ClO2. The highest BCUT2D eigenvalue weighted by Gasteiger charge is 2.03. The molecule has 0 N–H and O–H groups in total. The highest BCUT2D eigenvalue weighted by molar-refractivity contribution is 6.19. The summed E-state index contributed by atoms with van der Waals surface area (Å²) in [6.07, 6.45) is 2.67. The van der Waals surface area contributed by atoms with Crippen molar-refractivity contribution >= 4 is 17.6 Å². The zero-order valence-electron chi connectivity index (χ0n) is 5.97. The summed E-state index contributed by atoms with van der Waals surface area (Å²) in [5.41, 5.74) is -0.530. The number of hydrogen-bond donors (Lipinski definition) is 0. The molecule has 1 unspecified atom stereocenters. The Hall–Kier alpha value is -0.500. The first kappa shape index (κ1) is 9.50. The van der Waals surface area contributed by atoms with E-state index in [1.54, 1.807) is 13.0 Å². The number of alkyl halides is 1. The second-order valence-corrected chi connectivity index (χ2v) is 2.47. The summed E-state index contributed by atoms with van der Waals surface area (Å²) in [5.74, 6) is -0.276. The van der Waals surface area contributed by atoms with Crippen LogP contribution in [0.2, 0.25) is 0 Å². The second kappa shape index (κ2) is 5.30. The van der Waals surface area contributed by atoms with Crippen molar-refractivity contribution < 1.29 is 9.53 Å². The predicted molar refractivity (Wildman–Crippen MR) is 40.8 cm³/mol. The molecule has 0 aliphatic heterocycles. The predicted octanol–water partition coefficient (Wildman–Crippen LogP) is 2.08. The minimum absolute atomic E-state index is 0.276. The summed E-state index contributed by atoms with van der Waals surface area (Å²) in [6, 6.07) is 0. The van der Waals surface area contributed by atoms with Crippen LogP contribution in [0.4, 0.5) is 0 Å². The van der Waals surface area contributed by atoms with Gasteiger partial charge < -0.3 is 4.74 Å². The van der Waals surface area contributed by atoms with E-state index in [1.807, 2.05) is 0 Å². The second-order valence-electron chi connectivity index (χ2n) is 1.86. The Kier molecular flexibility index (Phi) is 5.03. The first-order valence-electron chi connectivity index (χ1n) is 3.11. The summed E-state index contributed by atoms with van der Waals surface area (Å²) in [6.45, 7) is 5.08. The number of allylic oxidation sites excluding steroid dienone is 1. The lowest BCUT2D eigenvalue weighted by molar-refractivity contribution is -0.144. The Labute approximate surface area is 65.8 Å². The SMILES string of the molecule is C=CCCC(=O)OC(C)Cl. The Morgan fingerprint density at radius 2 is 2.50 bits per heavy atom. The lowest BCUT2D eigenvalue weighted by Gasteiger charge is -2.03. The van der Waals surface area contributed by atoms with Crippen molar-refractivity contribution in [2.24, 2.45) is 0 Å². The van der Waals surface area contributed by atoms with Crippen LogP contribution >= 0.6 is 11.6 Å². The third-order valence-electron chi connectivity index (χ3n) is 0.846. The third kappa shape index (κ3) is 5.63. The molecular weight excluding hydrogens is 152 g/mol. The molecule has 0 heterocycles. The zero-order valence-corrected chi connectivity index (χ0v) is 6.73. The van der Waals surface area contributed by atoms with Gasteiger partial charge in [-0.1, -0.05) is 17.7 Å². The van der Waals surface area contributed by atoms with Crippen LogP contribution in [0.15, 0.2) is 12.7 Å². The van der Waals surface area contributed by atoms with E-state index in [0.29, 0.717) is 12.8 Å². The van der Waals surface area contributed by atoms with E-state index < -0.39 is 5.56 Å². The van der Waals surface area contributed by atoms with E-state index in [4.69, 9.17) is 11.6 Å². The van der Waals surface area contributed by atoms with Crippen LogP contribution in [0.3, 0.4) is 0 Å². The van der Waals surface area contributed by atoms with Crippen molar-refractivity contribution in [1.82, 2.24) is 0 Å². The molecule has 2 nitrogen and oxygen atoms in total. The molecule has 0 aliphatic rings. The van der Waals surface area contributed by atoms with E-state index in [9.17, 15) is 4.79 Å². The smallest absolute Gasteiger partial charge is 0.307 e. The van der Waals surface area contributed by atoms with Crippen LogP contribution < -0.4 is 0 Å². The van der Waals surface area contributed by atoms with Gasteiger partial charge in [0.2, 0.25) is 0 Å². The summed E-state index contributed by atoms with van der Waals surface area (Å²) in [7, 11) is 0. The Morgan fingerprint density at radius 1 is 1.90 bits per heavy atom. The highest BCUT2D eigenvalue weighted by Crippen LogP contribution is 2.00. The molecule has 0 aromatic heterocycles. The number of ether oxygens (including phenoxy) is 1. The van der Waals surface area contributed by atoms with Gasteiger partial charge in [0.15, 0.2) is 5.56 Å². The maximum atomic E-state index is 10.7. The van der Waals surface area contributed by atoms with Crippen LogP contribution in [0, 0.1) is 0 Å². The Balaban J connectivity index is 3.34. The Morgan fingerprint density at radius 3 is 2.90 bits per heavy atom. The highest BCUT2D eigenvalue weighted by atomic mass is 35.5. The van der Waals surface area contributed by atoms with Crippen LogP contribution in [0.25, 0.3) is 0 Å². The molecule has 58 valence electrons. The van der Waals surface area contributed by atoms with Crippen LogP contribution in [0.5, 0.6) is 0 Å². The van der Waals surface area contributed by atoms with E-state index in [-0.39, 0.29) is 5.97 Å². The maximum absolute atomic E-state index is 10.7. The van der Waals surface area contributed by atoms with Gasteiger partial charge in [-0.2, -0.15) is 0 Å². The van der Waals surface area contributed by atoms with Gasteiger partial charge in [0.1, 0.15) is 0 Å².